The zero-order valence-corrected chi connectivity index (χ0v) is 12.7. The van der Waals surface area contributed by atoms with E-state index in [-0.39, 0.29) is 0 Å². The van der Waals surface area contributed by atoms with E-state index in [1.165, 1.54) is 18.4 Å². The number of nitrogens with zero attached hydrogens (tertiary/aromatic N) is 3. The van der Waals surface area contributed by atoms with Crippen LogP contribution in [0.4, 0.5) is 0 Å². The second-order valence-corrected chi connectivity index (χ2v) is 5.75. The van der Waals surface area contributed by atoms with E-state index in [0.29, 0.717) is 19.2 Å². The van der Waals surface area contributed by atoms with Crippen molar-refractivity contribution in [1.29, 1.82) is 0 Å². The first-order valence-electron chi connectivity index (χ1n) is 7.53. The van der Waals surface area contributed by atoms with Gasteiger partial charge in [0.15, 0.2) is 0 Å². The summed E-state index contributed by atoms with van der Waals surface area (Å²) in [6.07, 6.45) is 4.57. The Morgan fingerprint density at radius 3 is 3.00 bits per heavy atom. The van der Waals surface area contributed by atoms with Gasteiger partial charge in [0.2, 0.25) is 0 Å². The molecule has 1 fully saturated rings. The maximum absolute atomic E-state index is 5.83. The summed E-state index contributed by atoms with van der Waals surface area (Å²) < 4.78 is 7.68. The van der Waals surface area contributed by atoms with Crippen LogP contribution in [0.15, 0.2) is 24.4 Å². The summed E-state index contributed by atoms with van der Waals surface area (Å²) in [5.41, 5.74) is 3.37. The van der Waals surface area contributed by atoms with Crippen LogP contribution in [-0.4, -0.2) is 27.6 Å². The van der Waals surface area contributed by atoms with E-state index < -0.39 is 0 Å². The third-order valence-electron chi connectivity index (χ3n) is 3.66. The molecule has 0 saturated heterocycles. The first kappa shape index (κ1) is 14.1. The number of rotatable bonds is 7. The fourth-order valence-electron chi connectivity index (χ4n) is 2.18. The Morgan fingerprint density at radius 2 is 2.19 bits per heavy atom. The predicted molar refractivity (Wildman–Crippen MR) is 81.3 cm³/mol. The molecule has 2 aromatic rings. The lowest BCUT2D eigenvalue weighted by Crippen LogP contribution is -2.15. The van der Waals surface area contributed by atoms with Crippen LogP contribution in [-0.2, 0) is 13.1 Å². The van der Waals surface area contributed by atoms with Crippen molar-refractivity contribution in [2.24, 2.45) is 0 Å². The van der Waals surface area contributed by atoms with Gasteiger partial charge in [-0.25, -0.2) is 4.68 Å². The van der Waals surface area contributed by atoms with Gasteiger partial charge in [0.1, 0.15) is 12.4 Å². The number of benzene rings is 1. The molecule has 0 amide bonds. The highest BCUT2D eigenvalue weighted by Crippen LogP contribution is 2.19. The summed E-state index contributed by atoms with van der Waals surface area (Å²) in [6.45, 7) is 6.25. The zero-order valence-electron chi connectivity index (χ0n) is 12.7. The van der Waals surface area contributed by atoms with E-state index in [9.17, 15) is 0 Å². The molecule has 1 aliphatic rings. The highest BCUT2D eigenvalue weighted by Gasteiger charge is 2.20. The molecule has 0 atom stereocenters. The van der Waals surface area contributed by atoms with Crippen LogP contribution in [0.2, 0.25) is 0 Å². The van der Waals surface area contributed by atoms with Crippen LogP contribution < -0.4 is 10.1 Å². The predicted octanol–water partition coefficient (Wildman–Crippen LogP) is 2.23. The molecule has 0 unspecified atom stereocenters. The van der Waals surface area contributed by atoms with E-state index >= 15 is 0 Å². The Hall–Kier alpha value is -1.88. The van der Waals surface area contributed by atoms with Crippen molar-refractivity contribution in [3.63, 3.8) is 0 Å². The molecule has 1 saturated carbocycles. The first-order chi connectivity index (χ1) is 10.2. The van der Waals surface area contributed by atoms with Gasteiger partial charge in [0.05, 0.1) is 12.2 Å². The molecular weight excluding hydrogens is 264 g/mol. The Kier molecular flexibility index (Phi) is 4.20. The van der Waals surface area contributed by atoms with Gasteiger partial charge in [0, 0.05) is 18.8 Å². The topological polar surface area (TPSA) is 52.0 Å². The highest BCUT2D eigenvalue weighted by atomic mass is 16.5. The highest BCUT2D eigenvalue weighted by molar-refractivity contribution is 5.35. The van der Waals surface area contributed by atoms with E-state index in [1.807, 2.05) is 10.9 Å². The fraction of sp³-hybridized carbons (Fsp3) is 0.500. The second kappa shape index (κ2) is 6.26. The van der Waals surface area contributed by atoms with Crippen molar-refractivity contribution in [3.05, 3.63) is 41.2 Å². The van der Waals surface area contributed by atoms with Gasteiger partial charge < -0.3 is 10.1 Å². The van der Waals surface area contributed by atoms with Gasteiger partial charge in [-0.3, -0.25) is 0 Å². The van der Waals surface area contributed by atoms with Crippen molar-refractivity contribution in [2.45, 2.75) is 45.8 Å². The molecule has 5 heteroatoms. The van der Waals surface area contributed by atoms with Crippen molar-refractivity contribution in [2.75, 3.05) is 6.61 Å². The van der Waals surface area contributed by atoms with Crippen molar-refractivity contribution >= 4 is 0 Å². The van der Waals surface area contributed by atoms with Gasteiger partial charge >= 0.3 is 0 Å². The lowest BCUT2D eigenvalue weighted by molar-refractivity contribution is 0.288. The van der Waals surface area contributed by atoms with Crippen molar-refractivity contribution < 1.29 is 4.74 Å². The smallest absolute Gasteiger partial charge is 0.122 e. The molecule has 21 heavy (non-hydrogen) atoms. The second-order valence-electron chi connectivity index (χ2n) is 5.75. The molecule has 1 aromatic carbocycles. The van der Waals surface area contributed by atoms with Gasteiger partial charge in [-0.2, -0.15) is 0 Å². The van der Waals surface area contributed by atoms with Crippen molar-refractivity contribution in [3.8, 4) is 5.75 Å². The lowest BCUT2D eigenvalue weighted by atomic mass is 10.1. The summed E-state index contributed by atoms with van der Waals surface area (Å²) in [4.78, 5) is 0. The van der Waals surface area contributed by atoms with E-state index in [2.05, 4.69) is 47.7 Å². The minimum Gasteiger partial charge on any atom is -0.491 e. The summed E-state index contributed by atoms with van der Waals surface area (Å²) in [7, 11) is 0. The number of hydrogen-bond donors (Lipinski definition) is 1. The summed E-state index contributed by atoms with van der Waals surface area (Å²) in [5.74, 6) is 0.950. The Labute approximate surface area is 125 Å². The van der Waals surface area contributed by atoms with Gasteiger partial charge in [-0.05, 0) is 43.9 Å². The number of aromatic nitrogens is 3. The van der Waals surface area contributed by atoms with Crippen LogP contribution in [0.5, 0.6) is 5.75 Å². The largest absolute Gasteiger partial charge is 0.491 e. The minimum absolute atomic E-state index is 0.600. The summed E-state index contributed by atoms with van der Waals surface area (Å²) >= 11 is 0. The standard InChI is InChI=1S/C16H22N4O/c1-12-3-4-13(2)16(9-12)21-8-7-20-11-15(18-19-20)10-17-14-5-6-14/h3-4,9,11,14,17H,5-8,10H2,1-2H3. The van der Waals surface area contributed by atoms with E-state index in [1.54, 1.807) is 0 Å². The molecule has 5 nitrogen and oxygen atoms in total. The lowest BCUT2D eigenvalue weighted by Gasteiger charge is -2.09. The molecule has 3 rings (SSSR count). The summed E-state index contributed by atoms with van der Waals surface area (Å²) in [6, 6.07) is 6.95. The number of ether oxygens (including phenoxy) is 1. The van der Waals surface area contributed by atoms with Crippen molar-refractivity contribution in [1.82, 2.24) is 20.3 Å². The maximum Gasteiger partial charge on any atom is 0.122 e. The molecule has 1 aromatic heterocycles. The van der Waals surface area contributed by atoms with Crippen LogP contribution >= 0.6 is 0 Å². The van der Waals surface area contributed by atoms with Gasteiger partial charge in [-0.15, -0.1) is 5.10 Å². The number of hydrogen-bond acceptors (Lipinski definition) is 4. The van der Waals surface area contributed by atoms with Crippen LogP contribution in [0.3, 0.4) is 0 Å². The number of nitrogens with one attached hydrogen (secondary N) is 1. The summed E-state index contributed by atoms with van der Waals surface area (Å²) in [5, 5.41) is 11.7. The van der Waals surface area contributed by atoms with E-state index in [0.717, 1.165) is 23.6 Å². The maximum atomic E-state index is 5.83. The third kappa shape index (κ3) is 4.04. The molecule has 1 aliphatic carbocycles. The Morgan fingerprint density at radius 1 is 1.33 bits per heavy atom. The minimum atomic E-state index is 0.600. The molecule has 112 valence electrons. The Bertz CT molecular complexity index is 604. The van der Waals surface area contributed by atoms with Crippen LogP contribution in [0.25, 0.3) is 0 Å². The molecular formula is C16H22N4O. The molecule has 1 heterocycles. The van der Waals surface area contributed by atoms with Crippen LogP contribution in [0, 0.1) is 13.8 Å². The molecule has 0 radical (unpaired) electrons. The molecule has 0 bridgehead atoms. The Balaban J connectivity index is 1.47. The molecule has 0 aliphatic heterocycles. The normalized spacial score (nSPS) is 14.4. The monoisotopic (exact) mass is 286 g/mol. The zero-order chi connectivity index (χ0) is 14.7. The quantitative estimate of drug-likeness (QED) is 0.848. The fourth-order valence-corrected chi connectivity index (χ4v) is 2.18. The molecule has 0 spiro atoms. The molecule has 1 N–H and O–H groups in total. The van der Waals surface area contributed by atoms with Gasteiger partial charge in [0.25, 0.3) is 0 Å². The van der Waals surface area contributed by atoms with Crippen LogP contribution in [0.1, 0.15) is 29.7 Å². The third-order valence-corrected chi connectivity index (χ3v) is 3.66. The van der Waals surface area contributed by atoms with E-state index in [4.69, 9.17) is 4.74 Å². The average Bonchev–Trinajstić information content (AvgIpc) is 3.20. The van der Waals surface area contributed by atoms with Gasteiger partial charge in [-0.1, -0.05) is 17.3 Å². The first-order valence-corrected chi connectivity index (χ1v) is 7.53. The average molecular weight is 286 g/mol. The number of aryl methyl sites for hydroxylation is 2. The SMILES string of the molecule is Cc1ccc(C)c(OCCn2cc(CNC3CC3)nn2)c1.